The highest BCUT2D eigenvalue weighted by Crippen LogP contribution is 2.42. The van der Waals surface area contributed by atoms with Crippen LogP contribution >= 0.6 is 11.6 Å². The first kappa shape index (κ1) is 17.5. The van der Waals surface area contributed by atoms with Crippen LogP contribution in [-0.4, -0.2) is 16.4 Å². The minimum atomic E-state index is 0.419. The van der Waals surface area contributed by atoms with Crippen LogP contribution in [-0.2, 0) is 6.54 Å². The molecular formula is C25H23ClN2. The average molecular weight is 387 g/mol. The standard InChI is InChI=1S/C25H23ClN2/c26-20-14-12-19(13-15-20)25-24(21-9-4-5-10-22(21)27-25)23-11-6-16-28(23)17-18-7-2-1-3-8-18/h1-5,7-10,12-15,23,27H,6,11,16-17H2. The maximum atomic E-state index is 6.14. The number of nitrogens with zero attached hydrogens (tertiary/aromatic N) is 1. The first-order chi connectivity index (χ1) is 13.8. The lowest BCUT2D eigenvalue weighted by Gasteiger charge is -2.26. The summed E-state index contributed by atoms with van der Waals surface area (Å²) in [7, 11) is 0. The van der Waals surface area contributed by atoms with Crippen molar-refractivity contribution in [1.29, 1.82) is 0 Å². The van der Waals surface area contributed by atoms with Crippen molar-refractivity contribution in [2.75, 3.05) is 6.54 Å². The molecule has 2 heterocycles. The molecule has 3 aromatic carbocycles. The molecule has 1 N–H and O–H groups in total. The number of likely N-dealkylation sites (tertiary alicyclic amines) is 1. The van der Waals surface area contributed by atoms with Gasteiger partial charge in [-0.15, -0.1) is 0 Å². The normalized spacial score (nSPS) is 17.4. The number of fused-ring (bicyclic) bond motifs is 1. The van der Waals surface area contributed by atoms with E-state index < -0.39 is 0 Å². The van der Waals surface area contributed by atoms with Gasteiger partial charge in [-0.05, 0) is 48.7 Å². The van der Waals surface area contributed by atoms with Crippen molar-refractivity contribution in [2.45, 2.75) is 25.4 Å². The lowest BCUT2D eigenvalue weighted by atomic mass is 9.97. The Balaban J connectivity index is 1.60. The number of hydrogen-bond donors (Lipinski definition) is 1. The maximum absolute atomic E-state index is 6.14. The number of hydrogen-bond acceptors (Lipinski definition) is 1. The van der Waals surface area contributed by atoms with Gasteiger partial charge < -0.3 is 4.98 Å². The van der Waals surface area contributed by atoms with Crippen LogP contribution in [0.5, 0.6) is 0 Å². The van der Waals surface area contributed by atoms with Crippen LogP contribution in [0.25, 0.3) is 22.2 Å². The van der Waals surface area contributed by atoms with E-state index in [0.29, 0.717) is 6.04 Å². The summed E-state index contributed by atoms with van der Waals surface area (Å²) in [4.78, 5) is 6.32. The zero-order valence-electron chi connectivity index (χ0n) is 15.7. The van der Waals surface area contributed by atoms with Crippen molar-refractivity contribution in [3.05, 3.63) is 95.0 Å². The fraction of sp³-hybridized carbons (Fsp3) is 0.200. The molecule has 3 heteroatoms. The summed E-state index contributed by atoms with van der Waals surface area (Å²) in [5.74, 6) is 0. The average Bonchev–Trinajstić information content (AvgIpc) is 3.33. The fourth-order valence-corrected chi connectivity index (χ4v) is 4.64. The van der Waals surface area contributed by atoms with E-state index in [1.165, 1.54) is 46.1 Å². The Morgan fingerprint density at radius 3 is 2.46 bits per heavy atom. The number of para-hydroxylation sites is 1. The second-order valence-corrected chi connectivity index (χ2v) is 8.02. The molecule has 1 aromatic heterocycles. The molecule has 0 spiro atoms. The van der Waals surface area contributed by atoms with Crippen LogP contribution in [0.2, 0.25) is 5.02 Å². The van der Waals surface area contributed by atoms with Gasteiger partial charge in [0.1, 0.15) is 0 Å². The van der Waals surface area contributed by atoms with E-state index in [1.807, 2.05) is 12.1 Å². The Morgan fingerprint density at radius 1 is 0.893 bits per heavy atom. The monoisotopic (exact) mass is 386 g/mol. The molecule has 1 atom stereocenters. The Kier molecular flexibility index (Phi) is 4.67. The molecule has 5 rings (SSSR count). The molecule has 0 aliphatic carbocycles. The van der Waals surface area contributed by atoms with E-state index in [4.69, 9.17) is 11.6 Å². The molecule has 1 aliphatic heterocycles. The third-order valence-electron chi connectivity index (χ3n) is 5.80. The Morgan fingerprint density at radius 2 is 1.64 bits per heavy atom. The third kappa shape index (κ3) is 3.23. The SMILES string of the molecule is Clc1ccc(-c2[nH]c3ccccc3c2C2CCCN2Cc2ccccc2)cc1. The summed E-state index contributed by atoms with van der Waals surface area (Å²) < 4.78 is 0. The minimum Gasteiger partial charge on any atom is -0.354 e. The van der Waals surface area contributed by atoms with Crippen molar-refractivity contribution in [1.82, 2.24) is 9.88 Å². The molecule has 0 saturated carbocycles. The summed E-state index contributed by atoms with van der Waals surface area (Å²) in [6, 6.07) is 28.1. The molecule has 0 amide bonds. The zero-order valence-corrected chi connectivity index (χ0v) is 16.5. The molecule has 1 unspecified atom stereocenters. The molecule has 1 aliphatic rings. The molecule has 140 valence electrons. The van der Waals surface area contributed by atoms with Crippen LogP contribution in [0.15, 0.2) is 78.9 Å². The van der Waals surface area contributed by atoms with E-state index >= 15 is 0 Å². The van der Waals surface area contributed by atoms with Crippen LogP contribution in [0.1, 0.15) is 30.0 Å². The summed E-state index contributed by atoms with van der Waals surface area (Å²) in [6.07, 6.45) is 2.42. The predicted molar refractivity (Wildman–Crippen MR) is 118 cm³/mol. The van der Waals surface area contributed by atoms with Gasteiger partial charge in [0.2, 0.25) is 0 Å². The van der Waals surface area contributed by atoms with Crippen molar-refractivity contribution < 1.29 is 0 Å². The summed E-state index contributed by atoms with van der Waals surface area (Å²) in [5.41, 5.74) is 6.42. The number of aromatic amines is 1. The van der Waals surface area contributed by atoms with E-state index in [0.717, 1.165) is 18.1 Å². The second-order valence-electron chi connectivity index (χ2n) is 7.58. The van der Waals surface area contributed by atoms with Gasteiger partial charge in [0.15, 0.2) is 0 Å². The van der Waals surface area contributed by atoms with Crippen LogP contribution in [0, 0.1) is 0 Å². The highest BCUT2D eigenvalue weighted by molar-refractivity contribution is 6.30. The van der Waals surface area contributed by atoms with Gasteiger partial charge in [-0.3, -0.25) is 4.90 Å². The number of nitrogens with one attached hydrogen (secondary N) is 1. The second kappa shape index (κ2) is 7.46. The van der Waals surface area contributed by atoms with Crippen LogP contribution in [0.4, 0.5) is 0 Å². The fourth-order valence-electron chi connectivity index (χ4n) is 4.51. The topological polar surface area (TPSA) is 19.0 Å². The summed E-state index contributed by atoms with van der Waals surface area (Å²) in [5, 5.41) is 2.10. The van der Waals surface area contributed by atoms with Crippen molar-refractivity contribution in [3.63, 3.8) is 0 Å². The van der Waals surface area contributed by atoms with Crippen molar-refractivity contribution >= 4 is 22.5 Å². The number of aromatic nitrogens is 1. The number of benzene rings is 3. The van der Waals surface area contributed by atoms with E-state index in [1.54, 1.807) is 0 Å². The quantitative estimate of drug-likeness (QED) is 0.407. The van der Waals surface area contributed by atoms with Gasteiger partial charge >= 0.3 is 0 Å². The van der Waals surface area contributed by atoms with Crippen LogP contribution < -0.4 is 0 Å². The van der Waals surface area contributed by atoms with Gasteiger partial charge in [-0.1, -0.05) is 72.3 Å². The van der Waals surface area contributed by atoms with Gasteiger partial charge in [0, 0.05) is 34.1 Å². The molecule has 0 radical (unpaired) electrons. The summed E-state index contributed by atoms with van der Waals surface area (Å²) in [6.45, 7) is 2.13. The molecule has 2 nitrogen and oxygen atoms in total. The van der Waals surface area contributed by atoms with Crippen LogP contribution in [0.3, 0.4) is 0 Å². The first-order valence-corrected chi connectivity index (χ1v) is 10.3. The van der Waals surface area contributed by atoms with E-state index in [2.05, 4.69) is 76.6 Å². The van der Waals surface area contributed by atoms with Gasteiger partial charge in [0.25, 0.3) is 0 Å². The molecule has 28 heavy (non-hydrogen) atoms. The van der Waals surface area contributed by atoms with E-state index in [9.17, 15) is 0 Å². The smallest absolute Gasteiger partial charge is 0.0513 e. The number of halogens is 1. The van der Waals surface area contributed by atoms with Crippen molar-refractivity contribution in [2.24, 2.45) is 0 Å². The van der Waals surface area contributed by atoms with Crippen molar-refractivity contribution in [3.8, 4) is 11.3 Å². The van der Waals surface area contributed by atoms with Gasteiger partial charge in [-0.2, -0.15) is 0 Å². The summed E-state index contributed by atoms with van der Waals surface area (Å²) >= 11 is 6.14. The first-order valence-electron chi connectivity index (χ1n) is 9.94. The van der Waals surface area contributed by atoms with E-state index in [-0.39, 0.29) is 0 Å². The number of rotatable bonds is 4. The lowest BCUT2D eigenvalue weighted by Crippen LogP contribution is -2.23. The molecule has 4 aromatic rings. The predicted octanol–water partition coefficient (Wildman–Crippen LogP) is 6.83. The molecule has 1 saturated heterocycles. The maximum Gasteiger partial charge on any atom is 0.0513 e. The minimum absolute atomic E-state index is 0.419. The zero-order chi connectivity index (χ0) is 18.9. The highest BCUT2D eigenvalue weighted by atomic mass is 35.5. The molecule has 0 bridgehead atoms. The third-order valence-corrected chi connectivity index (χ3v) is 6.06. The number of H-pyrrole nitrogens is 1. The molecule has 1 fully saturated rings. The Bertz CT molecular complexity index is 1080. The van der Waals surface area contributed by atoms with Gasteiger partial charge in [-0.25, -0.2) is 0 Å². The Labute approximate surface area is 170 Å². The highest BCUT2D eigenvalue weighted by Gasteiger charge is 2.30. The van der Waals surface area contributed by atoms with Gasteiger partial charge in [0.05, 0.1) is 5.69 Å². The molecular weight excluding hydrogens is 364 g/mol. The lowest BCUT2D eigenvalue weighted by molar-refractivity contribution is 0.250. The largest absolute Gasteiger partial charge is 0.354 e. The Hall–Kier alpha value is -2.55.